The van der Waals surface area contributed by atoms with Gasteiger partial charge in [-0.25, -0.2) is 4.39 Å². The molecule has 0 aromatic heterocycles. The summed E-state index contributed by atoms with van der Waals surface area (Å²) in [6.45, 7) is 2.59. The molecule has 4 atom stereocenters. The van der Waals surface area contributed by atoms with Gasteiger partial charge in [-0.2, -0.15) is 0 Å². The van der Waals surface area contributed by atoms with Crippen molar-refractivity contribution in [1.82, 2.24) is 0 Å². The summed E-state index contributed by atoms with van der Waals surface area (Å²) in [5, 5.41) is 10.1. The van der Waals surface area contributed by atoms with Gasteiger partial charge in [0.05, 0.1) is 6.61 Å². The normalized spacial score (nSPS) is 34.5. The van der Waals surface area contributed by atoms with Crippen molar-refractivity contribution in [1.29, 1.82) is 0 Å². The number of aliphatic hydroxyl groups is 1. The highest BCUT2D eigenvalue weighted by atomic mass is 19.1. The maximum Gasteiger partial charge on any atom is 0.303 e. The van der Waals surface area contributed by atoms with Crippen LogP contribution < -0.4 is 0 Å². The monoisotopic (exact) mass is 278 g/mol. The fraction of sp³-hybridized carbons (Fsp3) is 0.727. The van der Waals surface area contributed by atoms with E-state index in [1.165, 1.54) is 0 Å². The van der Waals surface area contributed by atoms with Gasteiger partial charge in [0.15, 0.2) is 18.0 Å². The van der Waals surface area contributed by atoms with Crippen LogP contribution in [0.3, 0.4) is 0 Å². The lowest BCUT2D eigenvalue weighted by Crippen LogP contribution is -2.66. The highest BCUT2D eigenvalue weighted by Crippen LogP contribution is 2.32. The molecule has 0 aromatic rings. The van der Waals surface area contributed by atoms with E-state index in [9.17, 15) is 23.9 Å². The second-order valence-electron chi connectivity index (χ2n) is 4.21. The standard InChI is InChI=1S/C11H15FO7/c1-5(13)11(16)9(19-7(3)15)8(18-6(2)14)4-17-10(11)12/h8-10,16H,4H2,1-3H3/t8-,9+,10+,11-/m1/s1. The number of alkyl halides is 1. The first-order chi connectivity index (χ1) is 8.69. The molecule has 19 heavy (non-hydrogen) atoms. The van der Waals surface area contributed by atoms with Gasteiger partial charge in [0.1, 0.15) is 0 Å². The predicted molar refractivity (Wildman–Crippen MR) is 57.6 cm³/mol. The summed E-state index contributed by atoms with van der Waals surface area (Å²) in [5.41, 5.74) is -2.70. The first-order valence-electron chi connectivity index (χ1n) is 5.53. The van der Waals surface area contributed by atoms with E-state index in [0.717, 1.165) is 20.8 Å². The van der Waals surface area contributed by atoms with E-state index in [1.807, 2.05) is 0 Å². The van der Waals surface area contributed by atoms with Crippen molar-refractivity contribution >= 4 is 17.7 Å². The largest absolute Gasteiger partial charge is 0.456 e. The number of hydrogen-bond donors (Lipinski definition) is 1. The van der Waals surface area contributed by atoms with Crippen LogP contribution in [0, 0.1) is 0 Å². The van der Waals surface area contributed by atoms with Crippen LogP contribution >= 0.6 is 0 Å². The zero-order chi connectivity index (χ0) is 14.8. The van der Waals surface area contributed by atoms with Crippen molar-refractivity contribution in [2.45, 2.75) is 44.9 Å². The molecule has 0 radical (unpaired) electrons. The van der Waals surface area contributed by atoms with E-state index < -0.39 is 48.5 Å². The van der Waals surface area contributed by atoms with Crippen LogP contribution in [0.1, 0.15) is 20.8 Å². The molecule has 1 fully saturated rings. The molecule has 1 rings (SSSR count). The summed E-state index contributed by atoms with van der Waals surface area (Å²) < 4.78 is 27.8. The van der Waals surface area contributed by atoms with Crippen molar-refractivity contribution in [2.75, 3.05) is 6.61 Å². The number of hydrogen-bond acceptors (Lipinski definition) is 7. The van der Waals surface area contributed by atoms with Gasteiger partial charge < -0.3 is 19.3 Å². The van der Waals surface area contributed by atoms with Crippen molar-refractivity contribution in [3.63, 3.8) is 0 Å². The van der Waals surface area contributed by atoms with Crippen molar-refractivity contribution < 1.29 is 38.1 Å². The Morgan fingerprint density at radius 1 is 1.21 bits per heavy atom. The first-order valence-corrected chi connectivity index (χ1v) is 5.53. The number of ketones is 1. The van der Waals surface area contributed by atoms with Gasteiger partial charge in [0.2, 0.25) is 12.0 Å². The molecule has 1 N–H and O–H groups in total. The van der Waals surface area contributed by atoms with E-state index in [4.69, 9.17) is 9.47 Å². The van der Waals surface area contributed by atoms with Gasteiger partial charge in [0, 0.05) is 13.8 Å². The maximum atomic E-state index is 13.7. The Bertz CT molecular complexity index is 397. The summed E-state index contributed by atoms with van der Waals surface area (Å²) in [5.74, 6) is -2.59. The molecule has 0 aliphatic carbocycles. The first kappa shape index (κ1) is 15.5. The molecule has 1 heterocycles. The van der Waals surface area contributed by atoms with Gasteiger partial charge in [-0.15, -0.1) is 0 Å². The number of esters is 2. The lowest BCUT2D eigenvalue weighted by Gasteiger charge is -2.42. The molecule has 0 unspecified atom stereocenters. The van der Waals surface area contributed by atoms with Crippen molar-refractivity contribution in [2.24, 2.45) is 0 Å². The Labute approximate surface area is 108 Å². The van der Waals surface area contributed by atoms with Crippen molar-refractivity contribution in [3.05, 3.63) is 0 Å². The fourth-order valence-electron chi connectivity index (χ4n) is 1.82. The molecular weight excluding hydrogens is 263 g/mol. The highest BCUT2D eigenvalue weighted by Gasteiger charge is 2.59. The molecule has 0 bridgehead atoms. The average molecular weight is 278 g/mol. The summed E-state index contributed by atoms with van der Waals surface area (Å²) in [4.78, 5) is 33.4. The number of carbonyl (C=O) groups is 3. The molecule has 0 spiro atoms. The molecular formula is C11H15FO7. The Balaban J connectivity index is 3.11. The maximum absolute atomic E-state index is 13.7. The van der Waals surface area contributed by atoms with Gasteiger partial charge in [-0.05, 0) is 6.92 Å². The quantitative estimate of drug-likeness (QED) is 0.694. The number of rotatable bonds is 3. The number of halogens is 1. The second kappa shape index (κ2) is 5.62. The van der Waals surface area contributed by atoms with Crippen LogP contribution in [0.4, 0.5) is 4.39 Å². The third-order valence-electron chi connectivity index (χ3n) is 2.70. The van der Waals surface area contributed by atoms with Crippen LogP contribution in [0.2, 0.25) is 0 Å². The SMILES string of the molecule is CC(=O)O[C@@H]1CO[C@H](F)[C@@](O)(C(C)=O)[C@H]1OC(C)=O. The number of carbonyl (C=O) groups excluding carboxylic acids is 3. The molecule has 0 amide bonds. The summed E-state index contributed by atoms with van der Waals surface area (Å²) in [7, 11) is 0. The van der Waals surface area contributed by atoms with E-state index in [0.29, 0.717) is 0 Å². The number of Topliss-reactive ketones (excluding diaryl/α,β-unsaturated/α-hetero) is 1. The molecule has 1 aliphatic rings. The molecule has 7 nitrogen and oxygen atoms in total. The van der Waals surface area contributed by atoms with Crippen LogP contribution in [0.25, 0.3) is 0 Å². The molecule has 0 saturated carbocycles. The van der Waals surface area contributed by atoms with E-state index in [-0.39, 0.29) is 0 Å². The molecule has 0 aromatic carbocycles. The van der Waals surface area contributed by atoms with Crippen LogP contribution in [-0.2, 0) is 28.6 Å². The van der Waals surface area contributed by atoms with Crippen LogP contribution in [0.15, 0.2) is 0 Å². The Morgan fingerprint density at radius 2 is 1.74 bits per heavy atom. The second-order valence-corrected chi connectivity index (χ2v) is 4.21. The third-order valence-corrected chi connectivity index (χ3v) is 2.70. The molecule has 108 valence electrons. The van der Waals surface area contributed by atoms with Crippen LogP contribution in [0.5, 0.6) is 0 Å². The van der Waals surface area contributed by atoms with E-state index in [1.54, 1.807) is 0 Å². The molecule has 1 saturated heterocycles. The number of ether oxygens (including phenoxy) is 3. The zero-order valence-corrected chi connectivity index (χ0v) is 10.7. The van der Waals surface area contributed by atoms with Gasteiger partial charge in [0.25, 0.3) is 0 Å². The Kier molecular flexibility index (Phi) is 4.59. The summed E-state index contributed by atoms with van der Waals surface area (Å²) >= 11 is 0. The van der Waals surface area contributed by atoms with Crippen molar-refractivity contribution in [3.8, 4) is 0 Å². The lowest BCUT2D eigenvalue weighted by molar-refractivity contribution is -0.274. The van der Waals surface area contributed by atoms with E-state index in [2.05, 4.69) is 4.74 Å². The summed E-state index contributed by atoms with van der Waals surface area (Å²) in [6, 6.07) is 0. The van der Waals surface area contributed by atoms with Crippen LogP contribution in [-0.4, -0.2) is 53.6 Å². The van der Waals surface area contributed by atoms with Gasteiger partial charge >= 0.3 is 11.9 Å². The highest BCUT2D eigenvalue weighted by molar-refractivity contribution is 5.86. The zero-order valence-electron chi connectivity index (χ0n) is 10.7. The smallest absolute Gasteiger partial charge is 0.303 e. The minimum atomic E-state index is -2.70. The van der Waals surface area contributed by atoms with Gasteiger partial charge in [-0.3, -0.25) is 14.4 Å². The summed E-state index contributed by atoms with van der Waals surface area (Å²) in [6.07, 6.45) is -5.29. The Morgan fingerprint density at radius 3 is 2.16 bits per heavy atom. The van der Waals surface area contributed by atoms with Gasteiger partial charge in [-0.1, -0.05) is 0 Å². The Hall–Kier alpha value is -1.54. The topological polar surface area (TPSA) is 99.1 Å². The minimum absolute atomic E-state index is 0.436. The lowest BCUT2D eigenvalue weighted by atomic mass is 9.86. The molecule has 8 heteroatoms. The molecule has 1 aliphatic heterocycles. The fourth-order valence-corrected chi connectivity index (χ4v) is 1.82. The predicted octanol–water partition coefficient (Wildman–Crippen LogP) is -0.504. The minimum Gasteiger partial charge on any atom is -0.456 e. The van der Waals surface area contributed by atoms with E-state index >= 15 is 0 Å². The average Bonchev–Trinajstić information content (AvgIpc) is 2.27. The third kappa shape index (κ3) is 3.07.